The summed E-state index contributed by atoms with van der Waals surface area (Å²) in [5.74, 6) is -0.818. The molecule has 19 heavy (non-hydrogen) atoms. The van der Waals surface area contributed by atoms with E-state index in [0.29, 0.717) is 6.61 Å². The molecule has 3 rings (SSSR count). The number of hydrogen-bond donors (Lipinski definition) is 0. The fourth-order valence-corrected chi connectivity index (χ4v) is 2.38. The van der Waals surface area contributed by atoms with E-state index in [1.54, 1.807) is 6.08 Å². The van der Waals surface area contributed by atoms with Crippen LogP contribution in [0.1, 0.15) is 11.1 Å². The second-order valence-corrected chi connectivity index (χ2v) is 4.55. The molecule has 0 amide bonds. The molecular weight excluding hydrogens is 236 g/mol. The van der Waals surface area contributed by atoms with Crippen LogP contribution >= 0.6 is 0 Å². The molecule has 1 fully saturated rings. The van der Waals surface area contributed by atoms with Crippen molar-refractivity contribution in [3.63, 3.8) is 0 Å². The van der Waals surface area contributed by atoms with Gasteiger partial charge in [-0.2, -0.15) is 0 Å². The van der Waals surface area contributed by atoms with Crippen molar-refractivity contribution in [3.05, 3.63) is 84.4 Å². The van der Waals surface area contributed by atoms with Gasteiger partial charge in [0.25, 0.3) is 0 Å². The van der Waals surface area contributed by atoms with Gasteiger partial charge in [-0.1, -0.05) is 66.7 Å². The van der Waals surface area contributed by atoms with E-state index in [0.717, 1.165) is 11.1 Å². The summed E-state index contributed by atoms with van der Waals surface area (Å²) in [5.41, 5.74) is 2.01. The van der Waals surface area contributed by atoms with Crippen LogP contribution in [-0.2, 0) is 15.3 Å². The largest absolute Gasteiger partial charge is 0.339 e. The van der Waals surface area contributed by atoms with Crippen LogP contribution in [0.3, 0.4) is 0 Å². The molecule has 0 aromatic heterocycles. The summed E-state index contributed by atoms with van der Waals surface area (Å²) < 4.78 is 12.2. The first-order valence-electron chi connectivity index (χ1n) is 6.40. The fourth-order valence-electron chi connectivity index (χ4n) is 2.38. The molecule has 2 aromatic carbocycles. The van der Waals surface area contributed by atoms with Gasteiger partial charge in [0.15, 0.2) is 0 Å². The molecule has 0 aliphatic carbocycles. The Morgan fingerprint density at radius 1 is 0.947 bits per heavy atom. The molecule has 1 aliphatic heterocycles. The van der Waals surface area contributed by atoms with Crippen molar-refractivity contribution in [3.8, 4) is 0 Å². The van der Waals surface area contributed by atoms with E-state index in [4.69, 9.17) is 9.47 Å². The first-order valence-corrected chi connectivity index (χ1v) is 6.40. The zero-order valence-corrected chi connectivity index (χ0v) is 10.7. The third-order valence-electron chi connectivity index (χ3n) is 3.34. The van der Waals surface area contributed by atoms with Crippen molar-refractivity contribution in [2.75, 3.05) is 6.61 Å². The number of benzene rings is 2. The Morgan fingerprint density at radius 3 is 1.89 bits per heavy atom. The van der Waals surface area contributed by atoms with E-state index in [-0.39, 0.29) is 6.10 Å². The molecule has 2 heteroatoms. The summed E-state index contributed by atoms with van der Waals surface area (Å²) in [6, 6.07) is 20.1. The summed E-state index contributed by atoms with van der Waals surface area (Å²) in [6.45, 7) is 4.31. The highest BCUT2D eigenvalue weighted by atomic mass is 16.7. The van der Waals surface area contributed by atoms with Crippen LogP contribution in [-0.4, -0.2) is 12.7 Å². The van der Waals surface area contributed by atoms with Gasteiger partial charge in [0.05, 0.1) is 6.61 Å². The fraction of sp³-hybridized carbons (Fsp3) is 0.176. The Kier molecular flexibility index (Phi) is 3.20. The van der Waals surface area contributed by atoms with E-state index >= 15 is 0 Å². The predicted molar refractivity (Wildman–Crippen MR) is 74.7 cm³/mol. The first kappa shape index (κ1) is 12.2. The summed E-state index contributed by atoms with van der Waals surface area (Å²) >= 11 is 0. The van der Waals surface area contributed by atoms with Gasteiger partial charge in [0, 0.05) is 11.1 Å². The van der Waals surface area contributed by atoms with Crippen molar-refractivity contribution < 1.29 is 9.47 Å². The SMILES string of the molecule is C=CC1COC(c2ccccc2)(c2ccccc2)O1. The predicted octanol–water partition coefficient (Wildman–Crippen LogP) is 3.49. The van der Waals surface area contributed by atoms with Crippen LogP contribution in [0.25, 0.3) is 0 Å². The minimum absolute atomic E-state index is 0.0830. The zero-order valence-electron chi connectivity index (χ0n) is 10.7. The van der Waals surface area contributed by atoms with E-state index in [1.165, 1.54) is 0 Å². The third-order valence-corrected chi connectivity index (χ3v) is 3.34. The quantitative estimate of drug-likeness (QED) is 0.778. The van der Waals surface area contributed by atoms with Gasteiger partial charge in [0.1, 0.15) is 6.10 Å². The van der Waals surface area contributed by atoms with Crippen molar-refractivity contribution >= 4 is 0 Å². The zero-order chi connectivity index (χ0) is 13.1. The van der Waals surface area contributed by atoms with E-state index in [1.807, 2.05) is 60.7 Å². The molecule has 2 nitrogen and oxygen atoms in total. The smallest absolute Gasteiger partial charge is 0.223 e. The van der Waals surface area contributed by atoms with Crippen LogP contribution in [0.15, 0.2) is 73.3 Å². The molecule has 0 radical (unpaired) electrons. The van der Waals surface area contributed by atoms with Gasteiger partial charge in [-0.05, 0) is 0 Å². The van der Waals surface area contributed by atoms with Crippen molar-refractivity contribution in [2.45, 2.75) is 11.9 Å². The normalized spacial score (nSPS) is 21.2. The summed E-state index contributed by atoms with van der Waals surface area (Å²) in [5, 5.41) is 0. The Hall–Kier alpha value is -1.90. The first-order chi connectivity index (χ1) is 9.35. The van der Waals surface area contributed by atoms with E-state index in [9.17, 15) is 0 Å². The summed E-state index contributed by atoms with van der Waals surface area (Å²) in [7, 11) is 0. The minimum Gasteiger partial charge on any atom is -0.339 e. The van der Waals surface area contributed by atoms with Crippen molar-refractivity contribution in [1.29, 1.82) is 0 Å². The molecule has 0 saturated carbocycles. The number of rotatable bonds is 3. The van der Waals surface area contributed by atoms with Gasteiger partial charge in [-0.25, -0.2) is 0 Å². The highest BCUT2D eigenvalue weighted by Crippen LogP contribution is 2.40. The van der Waals surface area contributed by atoms with Crippen LogP contribution in [0, 0.1) is 0 Å². The van der Waals surface area contributed by atoms with Gasteiger partial charge in [-0.15, -0.1) is 6.58 Å². The van der Waals surface area contributed by atoms with Crippen LogP contribution < -0.4 is 0 Å². The average Bonchev–Trinajstić information content (AvgIpc) is 2.95. The van der Waals surface area contributed by atoms with Gasteiger partial charge in [0.2, 0.25) is 5.79 Å². The maximum absolute atomic E-state index is 6.13. The highest BCUT2D eigenvalue weighted by molar-refractivity contribution is 5.34. The van der Waals surface area contributed by atoms with Gasteiger partial charge < -0.3 is 9.47 Å². The van der Waals surface area contributed by atoms with Crippen LogP contribution in [0.2, 0.25) is 0 Å². The lowest BCUT2D eigenvalue weighted by Crippen LogP contribution is -2.29. The highest BCUT2D eigenvalue weighted by Gasteiger charge is 2.43. The standard InChI is InChI=1S/C17H16O2/c1-2-16-13-18-17(19-16,14-9-5-3-6-10-14)15-11-7-4-8-12-15/h2-12,16H,1,13H2. The molecule has 0 N–H and O–H groups in total. The molecule has 2 aromatic rings. The second kappa shape index (κ2) is 5.00. The topological polar surface area (TPSA) is 18.5 Å². The second-order valence-electron chi connectivity index (χ2n) is 4.55. The average molecular weight is 252 g/mol. The minimum atomic E-state index is -0.818. The lowest BCUT2D eigenvalue weighted by atomic mass is 9.97. The maximum Gasteiger partial charge on any atom is 0.223 e. The Labute approximate surface area is 113 Å². The lowest BCUT2D eigenvalue weighted by Gasteiger charge is -2.28. The molecule has 1 saturated heterocycles. The van der Waals surface area contributed by atoms with Gasteiger partial charge in [-0.3, -0.25) is 0 Å². The molecular formula is C17H16O2. The molecule has 0 bridgehead atoms. The molecule has 0 spiro atoms. The van der Waals surface area contributed by atoms with Crippen LogP contribution in [0.5, 0.6) is 0 Å². The van der Waals surface area contributed by atoms with E-state index in [2.05, 4.69) is 6.58 Å². The van der Waals surface area contributed by atoms with Gasteiger partial charge >= 0.3 is 0 Å². The summed E-state index contributed by atoms with van der Waals surface area (Å²) in [6.07, 6.45) is 1.70. The molecule has 96 valence electrons. The Bertz CT molecular complexity index is 508. The van der Waals surface area contributed by atoms with Crippen molar-refractivity contribution in [1.82, 2.24) is 0 Å². The van der Waals surface area contributed by atoms with E-state index < -0.39 is 5.79 Å². The number of ether oxygens (including phenoxy) is 2. The lowest BCUT2D eigenvalue weighted by molar-refractivity contribution is -0.137. The molecule has 1 aliphatic rings. The molecule has 1 heterocycles. The molecule has 1 atom stereocenters. The summed E-state index contributed by atoms with van der Waals surface area (Å²) in [4.78, 5) is 0. The third kappa shape index (κ3) is 2.09. The van der Waals surface area contributed by atoms with Crippen LogP contribution in [0.4, 0.5) is 0 Å². The maximum atomic E-state index is 6.13. The number of hydrogen-bond acceptors (Lipinski definition) is 2. The molecule has 1 unspecified atom stereocenters. The Morgan fingerprint density at radius 2 is 1.47 bits per heavy atom. The monoisotopic (exact) mass is 252 g/mol. The van der Waals surface area contributed by atoms with Crippen molar-refractivity contribution in [2.24, 2.45) is 0 Å². The Balaban J connectivity index is 2.10.